The van der Waals surface area contributed by atoms with E-state index in [4.69, 9.17) is 9.73 Å². The van der Waals surface area contributed by atoms with Crippen molar-refractivity contribution < 1.29 is 32.1 Å². The molecular weight excluding hydrogens is 246 g/mol. The van der Waals surface area contributed by atoms with Gasteiger partial charge >= 0.3 is 66.0 Å². The second-order valence-electron chi connectivity index (χ2n) is 0.105. The Morgan fingerprint density at radius 1 is 1.80 bits per heavy atom. The van der Waals surface area contributed by atoms with Gasteiger partial charge in [0.2, 0.25) is 0 Å². The number of hydrogen-bond donors (Lipinski definition) is 1. The molecule has 0 aromatic rings. The average Bonchev–Trinajstić information content (AvgIpc) is 0.918. The van der Waals surface area contributed by atoms with Crippen LogP contribution in [-0.2, 0) is 24.2 Å². The molecule has 0 atom stereocenters. The van der Waals surface area contributed by atoms with Gasteiger partial charge in [0, 0.05) is 19.5 Å². The van der Waals surface area contributed by atoms with Crippen molar-refractivity contribution in [3.05, 3.63) is 0 Å². The third-order valence-corrected chi connectivity index (χ3v) is 0. The molecular formula is H3BBaO2Zn. The van der Waals surface area contributed by atoms with Crippen molar-refractivity contribution in [2.45, 2.75) is 0 Å². The standard InChI is InChI=1S/BHO2.Ba.Zn.2H/c2-1-3;;;;/h2H;;;;/q;+2;;2*-1. The van der Waals surface area contributed by atoms with Gasteiger partial charge in [0.15, 0.2) is 0 Å². The first-order valence-corrected chi connectivity index (χ1v) is 0.494. The maximum Gasteiger partial charge on any atom is 2.00 e. The molecule has 0 spiro atoms. The first-order chi connectivity index (χ1) is 1.41. The van der Waals surface area contributed by atoms with Crippen molar-refractivity contribution in [2.75, 3.05) is 0 Å². The van der Waals surface area contributed by atoms with Gasteiger partial charge in [-0.25, -0.2) is 0 Å². The van der Waals surface area contributed by atoms with E-state index in [-0.39, 0.29) is 78.6 Å². The second-order valence-corrected chi connectivity index (χ2v) is 0.105. The summed E-state index contributed by atoms with van der Waals surface area (Å²) in [6, 6.07) is 0. The summed E-state index contributed by atoms with van der Waals surface area (Å²) in [5, 5.41) is 6.89. The van der Waals surface area contributed by atoms with E-state index in [1.807, 2.05) is 0 Å². The fourth-order valence-electron chi connectivity index (χ4n) is 0. The van der Waals surface area contributed by atoms with Gasteiger partial charge in [-0.15, -0.1) is 0 Å². The fraction of sp³-hybridized carbons (Fsp3) is 0. The number of rotatable bonds is 0. The molecule has 5 heavy (non-hydrogen) atoms. The molecule has 0 rings (SSSR count). The summed E-state index contributed by atoms with van der Waals surface area (Å²) in [6.07, 6.45) is 0. The second kappa shape index (κ2) is 16.9. The molecule has 0 saturated carbocycles. The zero-order valence-corrected chi connectivity index (χ0v) is 10.3. The molecule has 2 nitrogen and oxygen atoms in total. The summed E-state index contributed by atoms with van der Waals surface area (Å²) < 4.78 is 8.36. The summed E-state index contributed by atoms with van der Waals surface area (Å²) in [4.78, 5) is 0. The van der Waals surface area contributed by atoms with E-state index in [2.05, 4.69) is 0 Å². The normalized spacial score (nSPS) is 1.60. The van der Waals surface area contributed by atoms with Gasteiger partial charge < -0.3 is 2.85 Å². The van der Waals surface area contributed by atoms with Crippen molar-refractivity contribution in [1.82, 2.24) is 0 Å². The molecule has 0 aliphatic carbocycles. The van der Waals surface area contributed by atoms with E-state index in [1.165, 1.54) is 0 Å². The maximum absolute atomic E-state index is 8.36. The van der Waals surface area contributed by atoms with Crippen molar-refractivity contribution in [2.24, 2.45) is 0 Å². The molecule has 1 N–H and O–H groups in total. The van der Waals surface area contributed by atoms with E-state index in [1.54, 1.807) is 0 Å². The predicted octanol–water partition coefficient (Wildman–Crippen LogP) is -1.21. The van der Waals surface area contributed by atoms with E-state index in [0.717, 1.165) is 0 Å². The van der Waals surface area contributed by atoms with Gasteiger partial charge in [-0.05, 0) is 0 Å². The smallest absolute Gasteiger partial charge is 1.00 e. The van der Waals surface area contributed by atoms with Gasteiger partial charge in [-0.2, -0.15) is 0 Å². The minimum Gasteiger partial charge on any atom is -1.00 e. The Kier molecular flexibility index (Phi) is 53.5. The molecule has 0 amide bonds. The molecule has 22 valence electrons. The van der Waals surface area contributed by atoms with Crippen LogP contribution in [0.1, 0.15) is 2.85 Å². The number of hydrogen-bond acceptors (Lipinski definition) is 1. The van der Waals surface area contributed by atoms with Crippen molar-refractivity contribution in [1.29, 1.82) is 0 Å². The molecule has 0 aromatic heterocycles. The zero-order valence-electron chi connectivity index (χ0n) is 4.85. The Balaban J connectivity index is -0.00000000333. The van der Waals surface area contributed by atoms with Gasteiger partial charge in [-0.1, -0.05) is 0 Å². The van der Waals surface area contributed by atoms with Crippen LogP contribution < -0.4 is 0 Å². The Bertz CT molecular complexity index is 23.2. The quantitative estimate of drug-likeness (QED) is 0.546. The molecule has 0 aromatic carbocycles. The van der Waals surface area contributed by atoms with Gasteiger partial charge in [0.05, 0.1) is 0 Å². The van der Waals surface area contributed by atoms with Crippen LogP contribution in [-0.4, -0.2) is 61.3 Å². The first kappa shape index (κ1) is 15.8. The predicted molar refractivity (Wildman–Crippen MR) is 16.6 cm³/mol. The molecule has 0 aliphatic heterocycles. The van der Waals surface area contributed by atoms with Crippen molar-refractivity contribution in [3.63, 3.8) is 0 Å². The minimum atomic E-state index is -0.250. The van der Waals surface area contributed by atoms with Crippen LogP contribution in [0.2, 0.25) is 0 Å². The van der Waals surface area contributed by atoms with Crippen molar-refractivity contribution in [3.8, 4) is 0 Å². The van der Waals surface area contributed by atoms with E-state index >= 15 is 0 Å². The van der Waals surface area contributed by atoms with E-state index < -0.39 is 0 Å². The summed E-state index contributed by atoms with van der Waals surface area (Å²) in [7, 11) is -0.250. The first-order valence-electron chi connectivity index (χ1n) is 0.494. The Morgan fingerprint density at radius 3 is 1.80 bits per heavy atom. The fourth-order valence-corrected chi connectivity index (χ4v) is 0. The van der Waals surface area contributed by atoms with Crippen LogP contribution >= 0.6 is 0 Å². The van der Waals surface area contributed by atoms with Crippen LogP contribution in [0.4, 0.5) is 0 Å². The molecule has 0 saturated heterocycles. The van der Waals surface area contributed by atoms with Crippen LogP contribution in [0.25, 0.3) is 0 Å². The summed E-state index contributed by atoms with van der Waals surface area (Å²) in [6.45, 7) is 0. The van der Waals surface area contributed by atoms with E-state index in [0.29, 0.717) is 0 Å². The third kappa shape index (κ3) is 25.2. The van der Waals surface area contributed by atoms with Gasteiger partial charge in [0.1, 0.15) is 0 Å². The van der Waals surface area contributed by atoms with Crippen LogP contribution in [0.15, 0.2) is 0 Å². The SMILES string of the molecule is O=BO.[Ba+2].[H-].[H-].[Zn]. The van der Waals surface area contributed by atoms with Gasteiger partial charge in [0.25, 0.3) is 0 Å². The zero-order chi connectivity index (χ0) is 2.71. The molecule has 5 heteroatoms. The molecule has 0 bridgehead atoms. The van der Waals surface area contributed by atoms with E-state index in [9.17, 15) is 0 Å². The van der Waals surface area contributed by atoms with Crippen LogP contribution in [0.3, 0.4) is 0 Å². The molecule has 0 aliphatic rings. The maximum atomic E-state index is 8.36. The van der Waals surface area contributed by atoms with Crippen LogP contribution in [0, 0.1) is 0 Å². The third-order valence-electron chi connectivity index (χ3n) is 0. The Hall–Kier alpha value is 1.86. The average molecular weight is 249 g/mol. The Morgan fingerprint density at radius 2 is 1.80 bits per heavy atom. The topological polar surface area (TPSA) is 37.3 Å². The molecule has 0 radical (unpaired) electrons. The Labute approximate surface area is 86.8 Å². The molecule has 0 unspecified atom stereocenters. The summed E-state index contributed by atoms with van der Waals surface area (Å²) in [5.74, 6) is 0. The van der Waals surface area contributed by atoms with Crippen molar-refractivity contribution >= 4 is 56.2 Å². The monoisotopic (exact) mass is 248 g/mol. The summed E-state index contributed by atoms with van der Waals surface area (Å²) in [5.41, 5.74) is 0. The molecule has 0 fully saturated rings. The van der Waals surface area contributed by atoms with Crippen LogP contribution in [0.5, 0.6) is 0 Å². The minimum absolute atomic E-state index is 0. The van der Waals surface area contributed by atoms with Gasteiger partial charge in [-0.3, -0.25) is 0 Å². The largest absolute Gasteiger partial charge is 2.00 e. The molecule has 0 heterocycles. The summed E-state index contributed by atoms with van der Waals surface area (Å²) >= 11 is 0.